The molecule has 0 radical (unpaired) electrons. The van der Waals surface area contributed by atoms with E-state index in [0.29, 0.717) is 6.04 Å². The highest BCUT2D eigenvalue weighted by atomic mass is 35.5. The van der Waals surface area contributed by atoms with Crippen LogP contribution in [0.5, 0.6) is 0 Å². The molecular weight excluding hydrogens is 274 g/mol. The van der Waals surface area contributed by atoms with Gasteiger partial charge in [-0.25, -0.2) is 4.79 Å². The van der Waals surface area contributed by atoms with Gasteiger partial charge in [-0.2, -0.15) is 0 Å². The fourth-order valence-corrected chi connectivity index (χ4v) is 3.14. The zero-order valence-corrected chi connectivity index (χ0v) is 12.6. The van der Waals surface area contributed by atoms with Crippen LogP contribution in [0.4, 0.5) is 5.69 Å². The number of carboxylic acids is 1. The molecule has 2 atom stereocenters. The van der Waals surface area contributed by atoms with Crippen molar-refractivity contribution in [3.8, 4) is 0 Å². The van der Waals surface area contributed by atoms with Gasteiger partial charge in [-0.05, 0) is 43.4 Å². The maximum absolute atomic E-state index is 11.1. The number of hydrogen-bond donors (Lipinski definition) is 2. The predicted molar refractivity (Wildman–Crippen MR) is 82.7 cm³/mol. The number of carboxylic acid groups (broad SMARTS) is 1. The number of anilines is 1. The second-order valence-electron chi connectivity index (χ2n) is 5.62. The van der Waals surface area contributed by atoms with E-state index < -0.39 is 5.97 Å². The summed E-state index contributed by atoms with van der Waals surface area (Å²) in [6.45, 7) is 2.26. The van der Waals surface area contributed by atoms with Gasteiger partial charge in [0, 0.05) is 11.7 Å². The molecule has 4 heteroatoms. The van der Waals surface area contributed by atoms with Gasteiger partial charge in [0.05, 0.1) is 10.6 Å². The molecule has 2 N–H and O–H groups in total. The molecule has 0 saturated heterocycles. The number of halogens is 1. The average Bonchev–Trinajstić information content (AvgIpc) is 2.66. The van der Waals surface area contributed by atoms with Gasteiger partial charge in [0.15, 0.2) is 0 Å². The quantitative estimate of drug-likeness (QED) is 0.784. The summed E-state index contributed by atoms with van der Waals surface area (Å²) in [5.41, 5.74) is 1.02. The zero-order valence-electron chi connectivity index (χ0n) is 11.9. The van der Waals surface area contributed by atoms with Crippen molar-refractivity contribution in [2.45, 2.75) is 51.5 Å². The summed E-state index contributed by atoms with van der Waals surface area (Å²) < 4.78 is 0. The SMILES string of the molecule is CCC1CCCC(Nc2ccc(Cl)c(C(=O)O)c2)CC1. The molecule has 1 aliphatic carbocycles. The first-order valence-electron chi connectivity index (χ1n) is 7.39. The Kier molecular flexibility index (Phi) is 5.30. The van der Waals surface area contributed by atoms with Crippen molar-refractivity contribution in [3.05, 3.63) is 28.8 Å². The fourth-order valence-electron chi connectivity index (χ4n) is 2.95. The molecule has 0 heterocycles. The summed E-state index contributed by atoms with van der Waals surface area (Å²) in [5.74, 6) is -0.132. The van der Waals surface area contributed by atoms with Crippen molar-refractivity contribution in [2.24, 2.45) is 5.92 Å². The maximum Gasteiger partial charge on any atom is 0.337 e. The van der Waals surface area contributed by atoms with E-state index in [0.717, 1.165) is 24.4 Å². The Morgan fingerprint density at radius 3 is 2.85 bits per heavy atom. The van der Waals surface area contributed by atoms with E-state index in [2.05, 4.69) is 12.2 Å². The number of hydrogen-bond acceptors (Lipinski definition) is 2. The number of nitrogens with one attached hydrogen (secondary N) is 1. The first-order valence-corrected chi connectivity index (χ1v) is 7.77. The van der Waals surface area contributed by atoms with Crippen LogP contribution >= 0.6 is 11.6 Å². The van der Waals surface area contributed by atoms with E-state index in [1.807, 2.05) is 6.07 Å². The third-order valence-electron chi connectivity index (χ3n) is 4.23. The van der Waals surface area contributed by atoms with E-state index in [1.165, 1.54) is 25.7 Å². The van der Waals surface area contributed by atoms with Crippen molar-refractivity contribution in [3.63, 3.8) is 0 Å². The molecule has 1 saturated carbocycles. The summed E-state index contributed by atoms with van der Waals surface area (Å²) in [6, 6.07) is 5.58. The molecule has 2 rings (SSSR count). The molecule has 1 aliphatic rings. The largest absolute Gasteiger partial charge is 0.478 e. The zero-order chi connectivity index (χ0) is 14.5. The summed E-state index contributed by atoms with van der Waals surface area (Å²) in [4.78, 5) is 11.1. The van der Waals surface area contributed by atoms with Crippen LogP contribution in [0.1, 0.15) is 55.8 Å². The standard InChI is InChI=1S/C16H22ClNO2/c1-2-11-4-3-5-12(7-6-11)18-13-8-9-15(17)14(10-13)16(19)20/h8-12,18H,2-7H2,1H3,(H,19,20). The summed E-state index contributed by atoms with van der Waals surface area (Å²) in [5, 5.41) is 12.8. The second kappa shape index (κ2) is 6.98. The molecule has 0 amide bonds. The van der Waals surface area contributed by atoms with Crippen LogP contribution in [-0.2, 0) is 0 Å². The van der Waals surface area contributed by atoms with E-state index in [1.54, 1.807) is 12.1 Å². The van der Waals surface area contributed by atoms with Gasteiger partial charge in [-0.3, -0.25) is 0 Å². The van der Waals surface area contributed by atoms with Crippen LogP contribution in [0, 0.1) is 5.92 Å². The predicted octanol–water partition coefficient (Wildman–Crippen LogP) is 4.81. The molecule has 0 aliphatic heterocycles. The van der Waals surface area contributed by atoms with Crippen molar-refractivity contribution in [2.75, 3.05) is 5.32 Å². The van der Waals surface area contributed by atoms with Crippen molar-refractivity contribution >= 4 is 23.3 Å². The Labute approximate surface area is 125 Å². The smallest absolute Gasteiger partial charge is 0.337 e. The molecular formula is C16H22ClNO2. The number of rotatable bonds is 4. The summed E-state index contributed by atoms with van der Waals surface area (Å²) in [6.07, 6.45) is 7.39. The lowest BCUT2D eigenvalue weighted by atomic mass is 9.98. The third-order valence-corrected chi connectivity index (χ3v) is 4.56. The van der Waals surface area contributed by atoms with Gasteiger partial charge in [0.2, 0.25) is 0 Å². The molecule has 1 aromatic rings. The lowest BCUT2D eigenvalue weighted by Crippen LogP contribution is -2.18. The monoisotopic (exact) mass is 295 g/mol. The highest BCUT2D eigenvalue weighted by Crippen LogP contribution is 2.28. The van der Waals surface area contributed by atoms with E-state index in [4.69, 9.17) is 16.7 Å². The third kappa shape index (κ3) is 3.89. The van der Waals surface area contributed by atoms with E-state index in [9.17, 15) is 4.79 Å². The van der Waals surface area contributed by atoms with Crippen LogP contribution in [0.15, 0.2) is 18.2 Å². The van der Waals surface area contributed by atoms with Crippen LogP contribution in [0.2, 0.25) is 5.02 Å². The molecule has 2 unspecified atom stereocenters. The minimum Gasteiger partial charge on any atom is -0.478 e. The Hall–Kier alpha value is -1.22. The fraction of sp³-hybridized carbons (Fsp3) is 0.562. The lowest BCUT2D eigenvalue weighted by Gasteiger charge is -2.18. The van der Waals surface area contributed by atoms with Gasteiger partial charge in [-0.15, -0.1) is 0 Å². The average molecular weight is 296 g/mol. The molecule has 0 aromatic heterocycles. The molecule has 1 fully saturated rings. The Bertz CT molecular complexity index is 476. The van der Waals surface area contributed by atoms with E-state index >= 15 is 0 Å². The lowest BCUT2D eigenvalue weighted by molar-refractivity contribution is 0.0697. The summed E-state index contributed by atoms with van der Waals surface area (Å²) in [7, 11) is 0. The highest BCUT2D eigenvalue weighted by Gasteiger charge is 2.18. The number of aromatic carboxylic acids is 1. The Morgan fingerprint density at radius 2 is 2.15 bits per heavy atom. The maximum atomic E-state index is 11.1. The van der Waals surface area contributed by atoms with Gasteiger partial charge in [0.25, 0.3) is 0 Å². The normalized spacial score (nSPS) is 23.1. The highest BCUT2D eigenvalue weighted by molar-refractivity contribution is 6.33. The molecule has 20 heavy (non-hydrogen) atoms. The molecule has 0 bridgehead atoms. The first-order chi connectivity index (χ1) is 9.60. The Morgan fingerprint density at radius 1 is 1.35 bits per heavy atom. The van der Waals surface area contributed by atoms with Crippen LogP contribution < -0.4 is 5.32 Å². The molecule has 110 valence electrons. The Balaban J connectivity index is 2.02. The van der Waals surface area contributed by atoms with Gasteiger partial charge in [-0.1, -0.05) is 37.8 Å². The first kappa shape index (κ1) is 15.2. The van der Waals surface area contributed by atoms with Crippen molar-refractivity contribution in [1.29, 1.82) is 0 Å². The van der Waals surface area contributed by atoms with Gasteiger partial charge < -0.3 is 10.4 Å². The number of carbonyl (C=O) groups is 1. The van der Waals surface area contributed by atoms with Crippen LogP contribution in [0.3, 0.4) is 0 Å². The van der Waals surface area contributed by atoms with Crippen LogP contribution in [-0.4, -0.2) is 17.1 Å². The minimum atomic E-state index is -0.981. The van der Waals surface area contributed by atoms with E-state index in [-0.39, 0.29) is 10.6 Å². The van der Waals surface area contributed by atoms with Gasteiger partial charge in [0.1, 0.15) is 0 Å². The minimum absolute atomic E-state index is 0.164. The second-order valence-corrected chi connectivity index (χ2v) is 6.03. The van der Waals surface area contributed by atoms with Crippen molar-refractivity contribution < 1.29 is 9.90 Å². The van der Waals surface area contributed by atoms with Gasteiger partial charge >= 0.3 is 5.97 Å². The topological polar surface area (TPSA) is 49.3 Å². The molecule has 1 aromatic carbocycles. The molecule has 3 nitrogen and oxygen atoms in total. The summed E-state index contributed by atoms with van der Waals surface area (Å²) >= 11 is 5.89. The molecule has 0 spiro atoms. The van der Waals surface area contributed by atoms with Crippen LogP contribution in [0.25, 0.3) is 0 Å². The number of benzene rings is 1. The van der Waals surface area contributed by atoms with Crippen molar-refractivity contribution in [1.82, 2.24) is 0 Å².